The van der Waals surface area contributed by atoms with Crippen molar-refractivity contribution in [3.8, 4) is 17.3 Å². The molecule has 2 aliphatic heterocycles. The van der Waals surface area contributed by atoms with E-state index in [9.17, 15) is 19.6 Å². The minimum atomic E-state index is -0.387. The van der Waals surface area contributed by atoms with E-state index < -0.39 is 0 Å². The highest BCUT2D eigenvalue weighted by Crippen LogP contribution is 2.32. The zero-order valence-electron chi connectivity index (χ0n) is 23.6. The third kappa shape index (κ3) is 5.88. The van der Waals surface area contributed by atoms with Gasteiger partial charge in [0.05, 0.1) is 30.6 Å². The molecule has 5 heterocycles. The Balaban J connectivity index is 1.14. The fourth-order valence-corrected chi connectivity index (χ4v) is 6.77. The van der Waals surface area contributed by atoms with Crippen molar-refractivity contribution in [2.24, 2.45) is 0 Å². The predicted octanol–water partition coefficient (Wildman–Crippen LogP) is 4.42. The molecular formula is C31H34FN7O2S. The van der Waals surface area contributed by atoms with E-state index in [1.807, 2.05) is 0 Å². The Hall–Kier alpha value is -3.85. The molecule has 0 bridgehead atoms. The number of nitrogens with zero attached hydrogens (tertiary/aromatic N) is 6. The standard InChI is InChI=1S/C31H34FN7O2S/c1-2-25-26(16-34-31-36-30(27(15-33)42-31)21-3-6-23(32)7-4-21)39-17-22(5-8-28(39)35-25)20-9-12-37(13-10-20)19-29(41)38-14-11-24(40)18-38/h3-8,17,20,24,40H,2,9-14,16,18-19H2,1H3,(H,34,36)/t24-/m1/s1. The number of nitrogens with one attached hydrogen (secondary N) is 1. The summed E-state index contributed by atoms with van der Waals surface area (Å²) in [6.07, 6.45) is 5.23. The zero-order valence-corrected chi connectivity index (χ0v) is 24.4. The quantitative estimate of drug-likeness (QED) is 0.314. The molecule has 42 heavy (non-hydrogen) atoms. The number of anilines is 1. The van der Waals surface area contributed by atoms with Crippen molar-refractivity contribution in [3.63, 3.8) is 0 Å². The molecule has 6 rings (SSSR count). The van der Waals surface area contributed by atoms with Gasteiger partial charge in [-0.3, -0.25) is 9.69 Å². The Kier molecular flexibility index (Phi) is 8.20. The average Bonchev–Trinajstić information content (AvgIpc) is 3.73. The summed E-state index contributed by atoms with van der Waals surface area (Å²) >= 11 is 1.29. The highest BCUT2D eigenvalue weighted by Gasteiger charge is 2.28. The Morgan fingerprint density at radius 1 is 1.14 bits per heavy atom. The number of fused-ring (bicyclic) bond motifs is 1. The van der Waals surface area contributed by atoms with Gasteiger partial charge in [-0.15, -0.1) is 0 Å². The first-order chi connectivity index (χ1) is 20.4. The van der Waals surface area contributed by atoms with Crippen LogP contribution in [0.1, 0.15) is 53.9 Å². The minimum Gasteiger partial charge on any atom is -0.391 e. The third-order valence-electron chi connectivity index (χ3n) is 8.35. The van der Waals surface area contributed by atoms with Crippen LogP contribution in [0.4, 0.5) is 9.52 Å². The van der Waals surface area contributed by atoms with Gasteiger partial charge in [-0.05, 0) is 80.6 Å². The molecule has 9 nitrogen and oxygen atoms in total. The number of hydrogen-bond acceptors (Lipinski definition) is 8. The van der Waals surface area contributed by atoms with Crippen molar-refractivity contribution >= 4 is 28.0 Å². The number of carbonyl (C=O) groups is 1. The number of aliphatic hydroxyl groups excluding tert-OH is 1. The van der Waals surface area contributed by atoms with Crippen molar-refractivity contribution in [2.45, 2.75) is 51.2 Å². The molecule has 1 aromatic carbocycles. The normalized spacial score (nSPS) is 18.0. The van der Waals surface area contributed by atoms with Crippen molar-refractivity contribution in [1.29, 1.82) is 5.26 Å². The SMILES string of the molecule is CCc1nc2ccc(C3CCN(CC(=O)N4CC[C@@H](O)C4)CC3)cn2c1CNc1nc(-c2ccc(F)cc2)c(C#N)s1. The van der Waals surface area contributed by atoms with Crippen LogP contribution in [-0.2, 0) is 17.8 Å². The van der Waals surface area contributed by atoms with Gasteiger partial charge in [-0.1, -0.05) is 24.3 Å². The summed E-state index contributed by atoms with van der Waals surface area (Å²) in [7, 11) is 0. The molecule has 0 radical (unpaired) electrons. The van der Waals surface area contributed by atoms with Crippen molar-refractivity contribution in [3.05, 3.63) is 70.2 Å². The van der Waals surface area contributed by atoms with Gasteiger partial charge in [0.1, 0.15) is 28.1 Å². The van der Waals surface area contributed by atoms with Crippen LogP contribution in [0.25, 0.3) is 16.9 Å². The van der Waals surface area contributed by atoms with E-state index in [0.29, 0.717) is 59.8 Å². The first kappa shape index (κ1) is 28.3. The van der Waals surface area contributed by atoms with Crippen molar-refractivity contribution < 1.29 is 14.3 Å². The van der Waals surface area contributed by atoms with Crippen LogP contribution in [0.5, 0.6) is 0 Å². The van der Waals surface area contributed by atoms with Gasteiger partial charge in [0.2, 0.25) is 5.91 Å². The second-order valence-electron chi connectivity index (χ2n) is 11.1. The Bertz CT molecular complexity index is 1620. The van der Waals surface area contributed by atoms with E-state index in [0.717, 1.165) is 49.4 Å². The number of imidazole rings is 1. The van der Waals surface area contributed by atoms with Crippen LogP contribution in [0.3, 0.4) is 0 Å². The van der Waals surface area contributed by atoms with E-state index in [1.54, 1.807) is 17.0 Å². The summed E-state index contributed by atoms with van der Waals surface area (Å²) < 4.78 is 15.6. The number of hydrogen-bond donors (Lipinski definition) is 2. The van der Waals surface area contributed by atoms with E-state index in [2.05, 4.69) is 50.9 Å². The molecule has 0 saturated carbocycles. The van der Waals surface area contributed by atoms with Gasteiger partial charge in [0.15, 0.2) is 5.13 Å². The number of rotatable bonds is 8. The maximum absolute atomic E-state index is 13.4. The molecule has 11 heteroatoms. The smallest absolute Gasteiger partial charge is 0.236 e. The molecule has 0 aliphatic carbocycles. The maximum Gasteiger partial charge on any atom is 0.236 e. The number of aromatic nitrogens is 3. The van der Waals surface area contributed by atoms with Gasteiger partial charge >= 0.3 is 0 Å². The van der Waals surface area contributed by atoms with E-state index in [4.69, 9.17) is 4.98 Å². The summed E-state index contributed by atoms with van der Waals surface area (Å²) in [6.45, 7) is 5.85. The summed E-state index contributed by atoms with van der Waals surface area (Å²) in [6, 6.07) is 12.5. The second-order valence-corrected chi connectivity index (χ2v) is 12.1. The number of halogens is 1. The number of aliphatic hydroxyl groups is 1. The molecule has 1 amide bonds. The fraction of sp³-hybridized carbons (Fsp3) is 0.419. The van der Waals surface area contributed by atoms with Crippen LogP contribution < -0.4 is 5.32 Å². The minimum absolute atomic E-state index is 0.112. The van der Waals surface area contributed by atoms with Crippen LogP contribution in [0.15, 0.2) is 42.6 Å². The van der Waals surface area contributed by atoms with Crippen LogP contribution in [0, 0.1) is 17.1 Å². The largest absolute Gasteiger partial charge is 0.391 e. The van der Waals surface area contributed by atoms with E-state index >= 15 is 0 Å². The maximum atomic E-state index is 13.4. The molecule has 3 aromatic heterocycles. The number of piperidine rings is 1. The highest BCUT2D eigenvalue weighted by atomic mass is 32.1. The van der Waals surface area contributed by atoms with Gasteiger partial charge in [0, 0.05) is 24.8 Å². The highest BCUT2D eigenvalue weighted by molar-refractivity contribution is 7.16. The molecule has 1 atom stereocenters. The molecule has 2 saturated heterocycles. The summed E-state index contributed by atoms with van der Waals surface area (Å²) in [4.78, 5) is 26.6. The zero-order chi connectivity index (χ0) is 29.2. The van der Waals surface area contributed by atoms with Crippen LogP contribution in [0.2, 0.25) is 0 Å². The molecule has 2 fully saturated rings. The first-order valence-corrected chi connectivity index (χ1v) is 15.3. The van der Waals surface area contributed by atoms with E-state index in [-0.39, 0.29) is 17.8 Å². The number of nitriles is 1. The average molecular weight is 588 g/mol. The lowest BCUT2D eigenvalue weighted by atomic mass is 9.90. The van der Waals surface area contributed by atoms with E-state index in [1.165, 1.54) is 29.0 Å². The fourth-order valence-electron chi connectivity index (χ4n) is 5.99. The number of benzene rings is 1. The van der Waals surface area contributed by atoms with Crippen LogP contribution in [-0.4, -0.2) is 74.0 Å². The van der Waals surface area contributed by atoms with Gasteiger partial charge in [0.25, 0.3) is 0 Å². The number of aryl methyl sites for hydroxylation is 1. The Labute approximate surface area is 248 Å². The van der Waals surface area contributed by atoms with Gasteiger partial charge in [-0.2, -0.15) is 5.26 Å². The van der Waals surface area contributed by atoms with Crippen molar-refractivity contribution in [2.75, 3.05) is 38.0 Å². The third-order valence-corrected chi connectivity index (χ3v) is 9.26. The van der Waals surface area contributed by atoms with Gasteiger partial charge < -0.3 is 19.7 Å². The Morgan fingerprint density at radius 2 is 1.93 bits per heavy atom. The summed E-state index contributed by atoms with van der Waals surface area (Å²) in [5, 5.41) is 23.5. The molecule has 218 valence electrons. The number of β-amino-alcohol motifs (C(OH)–C–C–N with tert-alkyl or cyclic N) is 1. The number of pyridine rings is 1. The van der Waals surface area contributed by atoms with Crippen molar-refractivity contribution in [1.82, 2.24) is 24.2 Å². The number of thiazole rings is 1. The first-order valence-electron chi connectivity index (χ1n) is 14.5. The molecular weight excluding hydrogens is 553 g/mol. The lowest BCUT2D eigenvalue weighted by Crippen LogP contribution is -2.42. The lowest BCUT2D eigenvalue weighted by molar-refractivity contribution is -0.132. The lowest BCUT2D eigenvalue weighted by Gasteiger charge is -2.32. The molecule has 4 aromatic rings. The Morgan fingerprint density at radius 3 is 2.62 bits per heavy atom. The topological polar surface area (TPSA) is 110 Å². The second kappa shape index (κ2) is 12.2. The van der Waals surface area contributed by atoms with Gasteiger partial charge in [-0.25, -0.2) is 14.4 Å². The molecule has 2 N–H and O–H groups in total. The number of likely N-dealkylation sites (tertiary alicyclic amines) is 2. The number of carbonyl (C=O) groups excluding carboxylic acids is 1. The summed E-state index contributed by atoms with van der Waals surface area (Å²) in [5.41, 5.74) is 5.48. The molecule has 0 unspecified atom stereocenters. The predicted molar refractivity (Wildman–Crippen MR) is 160 cm³/mol. The molecule has 2 aliphatic rings. The van der Waals surface area contributed by atoms with Crippen LogP contribution >= 0.6 is 11.3 Å². The number of amides is 1. The molecule has 0 spiro atoms. The monoisotopic (exact) mass is 587 g/mol. The summed E-state index contributed by atoms with van der Waals surface area (Å²) in [5.74, 6) is 0.184.